The second kappa shape index (κ2) is 10.7. The number of benzene rings is 2. The molecule has 0 aliphatic heterocycles. The lowest BCUT2D eigenvalue weighted by Gasteiger charge is -2.13. The molecule has 1 unspecified atom stereocenters. The van der Waals surface area contributed by atoms with Crippen molar-refractivity contribution in [2.45, 2.75) is 19.4 Å². The van der Waals surface area contributed by atoms with Crippen LogP contribution in [0.3, 0.4) is 0 Å². The Bertz CT molecular complexity index is 722. The van der Waals surface area contributed by atoms with E-state index in [4.69, 9.17) is 4.74 Å². The van der Waals surface area contributed by atoms with Crippen LogP contribution in [0.2, 0.25) is 0 Å². The molecule has 0 spiro atoms. The zero-order valence-corrected chi connectivity index (χ0v) is 16.3. The van der Waals surface area contributed by atoms with Crippen LogP contribution < -0.4 is 10.6 Å². The number of nitrogens with one attached hydrogen (secondary N) is 2. The third-order valence-corrected chi connectivity index (χ3v) is 4.27. The number of carbonyl (C=O) groups is 2. The number of ether oxygens (including phenoxy) is 1. The molecule has 5 nitrogen and oxygen atoms in total. The summed E-state index contributed by atoms with van der Waals surface area (Å²) in [5.41, 5.74) is 1.64. The van der Waals surface area contributed by atoms with Gasteiger partial charge >= 0.3 is 0 Å². The molecular formula is C20H23BrN2O3. The minimum absolute atomic E-state index is 0.0244. The lowest BCUT2D eigenvalue weighted by Crippen LogP contribution is -2.37. The Morgan fingerprint density at radius 3 is 2.58 bits per heavy atom. The number of halogens is 1. The van der Waals surface area contributed by atoms with Crippen LogP contribution in [0.25, 0.3) is 0 Å². The van der Waals surface area contributed by atoms with Crippen molar-refractivity contribution in [1.82, 2.24) is 10.6 Å². The summed E-state index contributed by atoms with van der Waals surface area (Å²) < 4.78 is 6.57. The second-order valence-electron chi connectivity index (χ2n) is 5.82. The van der Waals surface area contributed by atoms with E-state index in [0.717, 1.165) is 10.0 Å². The molecule has 2 aromatic rings. The summed E-state index contributed by atoms with van der Waals surface area (Å²) in [4.78, 5) is 23.7. The van der Waals surface area contributed by atoms with Crippen molar-refractivity contribution in [1.29, 1.82) is 0 Å². The second-order valence-corrected chi connectivity index (χ2v) is 6.74. The predicted octanol–water partition coefficient (Wildman–Crippen LogP) is 3.46. The number of hydrogen-bond donors (Lipinski definition) is 2. The third-order valence-electron chi connectivity index (χ3n) is 3.78. The van der Waals surface area contributed by atoms with Gasteiger partial charge in [-0.2, -0.15) is 0 Å². The maximum Gasteiger partial charge on any atom is 0.251 e. The Hall–Kier alpha value is -2.18. The van der Waals surface area contributed by atoms with E-state index in [2.05, 4.69) is 26.6 Å². The lowest BCUT2D eigenvalue weighted by atomic mass is 10.1. The zero-order chi connectivity index (χ0) is 18.8. The van der Waals surface area contributed by atoms with Gasteiger partial charge in [-0.3, -0.25) is 9.59 Å². The predicted molar refractivity (Wildman–Crippen MR) is 105 cm³/mol. The molecule has 6 heteroatoms. The monoisotopic (exact) mass is 418 g/mol. The average Bonchev–Trinajstić information content (AvgIpc) is 2.66. The fourth-order valence-electron chi connectivity index (χ4n) is 2.34. The minimum atomic E-state index is -0.276. The number of rotatable bonds is 9. The van der Waals surface area contributed by atoms with Crippen LogP contribution in [0.15, 0.2) is 59.1 Å². The average molecular weight is 419 g/mol. The van der Waals surface area contributed by atoms with Gasteiger partial charge in [0, 0.05) is 23.2 Å². The fraction of sp³-hybridized carbons (Fsp3) is 0.300. The van der Waals surface area contributed by atoms with E-state index in [9.17, 15) is 9.59 Å². The van der Waals surface area contributed by atoms with E-state index in [0.29, 0.717) is 25.1 Å². The summed E-state index contributed by atoms with van der Waals surface area (Å²) in [6.07, 6.45) is 0.735. The minimum Gasteiger partial charge on any atom is -0.374 e. The maximum atomic E-state index is 12.0. The van der Waals surface area contributed by atoms with Crippen LogP contribution in [0.4, 0.5) is 0 Å². The van der Waals surface area contributed by atoms with Crippen molar-refractivity contribution >= 4 is 27.7 Å². The smallest absolute Gasteiger partial charge is 0.251 e. The van der Waals surface area contributed by atoms with Gasteiger partial charge < -0.3 is 15.4 Å². The molecule has 1 atom stereocenters. The Balaban J connectivity index is 1.58. The molecule has 2 rings (SSSR count). The highest BCUT2D eigenvalue weighted by molar-refractivity contribution is 9.10. The molecule has 2 N–H and O–H groups in total. The molecule has 0 radical (unpaired) electrons. The van der Waals surface area contributed by atoms with Gasteiger partial charge in [-0.05, 0) is 37.1 Å². The molecule has 0 aromatic heterocycles. The molecule has 0 saturated carbocycles. The summed E-state index contributed by atoms with van der Waals surface area (Å²) in [5.74, 6) is -0.495. The van der Waals surface area contributed by atoms with E-state index >= 15 is 0 Å². The van der Waals surface area contributed by atoms with Crippen molar-refractivity contribution in [3.8, 4) is 0 Å². The standard InChI is InChI=1S/C20H23BrN2O3/c1-15(16-7-3-2-4-8-16)26-12-6-11-22-19(24)14-23-20(25)17-9-5-10-18(21)13-17/h2-5,7-10,13,15H,6,11-12,14H2,1H3,(H,22,24)(H,23,25). The lowest BCUT2D eigenvalue weighted by molar-refractivity contribution is -0.120. The largest absolute Gasteiger partial charge is 0.374 e. The van der Waals surface area contributed by atoms with E-state index in [1.807, 2.05) is 43.3 Å². The molecule has 0 aliphatic carbocycles. The summed E-state index contributed by atoms with van der Waals surface area (Å²) in [6.45, 7) is 3.02. The SMILES string of the molecule is CC(OCCCNC(=O)CNC(=O)c1cccc(Br)c1)c1ccccc1. The van der Waals surface area contributed by atoms with Crippen LogP contribution in [0.5, 0.6) is 0 Å². The normalized spacial score (nSPS) is 11.6. The van der Waals surface area contributed by atoms with Crippen LogP contribution in [0, 0.1) is 0 Å². The molecular weight excluding hydrogens is 396 g/mol. The van der Waals surface area contributed by atoms with Gasteiger partial charge in [0.1, 0.15) is 0 Å². The first kappa shape index (κ1) is 20.1. The van der Waals surface area contributed by atoms with Gasteiger partial charge in [0.05, 0.1) is 12.6 Å². The molecule has 0 fully saturated rings. The van der Waals surface area contributed by atoms with Crippen molar-refractivity contribution in [2.75, 3.05) is 19.7 Å². The van der Waals surface area contributed by atoms with Gasteiger partial charge in [0.2, 0.25) is 5.91 Å². The molecule has 0 saturated heterocycles. The molecule has 138 valence electrons. The van der Waals surface area contributed by atoms with Crippen molar-refractivity contribution in [2.24, 2.45) is 0 Å². The highest BCUT2D eigenvalue weighted by Gasteiger charge is 2.08. The molecule has 2 aromatic carbocycles. The summed E-state index contributed by atoms with van der Waals surface area (Å²) in [6, 6.07) is 17.0. The Labute approximate surface area is 162 Å². The van der Waals surface area contributed by atoms with Crippen molar-refractivity contribution in [3.63, 3.8) is 0 Å². The van der Waals surface area contributed by atoms with Gasteiger partial charge in [-0.15, -0.1) is 0 Å². The summed E-state index contributed by atoms with van der Waals surface area (Å²) in [7, 11) is 0. The molecule has 0 aliphatic rings. The van der Waals surface area contributed by atoms with E-state index in [-0.39, 0.29) is 24.5 Å². The zero-order valence-electron chi connectivity index (χ0n) is 14.7. The Morgan fingerprint density at radius 1 is 1.08 bits per heavy atom. The van der Waals surface area contributed by atoms with Crippen molar-refractivity contribution < 1.29 is 14.3 Å². The van der Waals surface area contributed by atoms with Gasteiger partial charge in [-0.25, -0.2) is 0 Å². The van der Waals surface area contributed by atoms with E-state index in [1.165, 1.54) is 0 Å². The van der Waals surface area contributed by atoms with E-state index in [1.54, 1.807) is 18.2 Å². The van der Waals surface area contributed by atoms with Crippen LogP contribution in [-0.2, 0) is 9.53 Å². The third kappa shape index (κ3) is 6.98. The quantitative estimate of drug-likeness (QED) is 0.612. The molecule has 2 amide bonds. The van der Waals surface area contributed by atoms with Gasteiger partial charge in [0.15, 0.2) is 0 Å². The van der Waals surface area contributed by atoms with Crippen LogP contribution in [0.1, 0.15) is 35.4 Å². The first-order valence-electron chi connectivity index (χ1n) is 8.53. The molecule has 0 heterocycles. The van der Waals surface area contributed by atoms with Gasteiger partial charge in [0.25, 0.3) is 5.91 Å². The first-order chi connectivity index (χ1) is 12.6. The summed E-state index contributed by atoms with van der Waals surface area (Å²) in [5, 5.41) is 5.37. The molecule has 0 bridgehead atoms. The first-order valence-corrected chi connectivity index (χ1v) is 9.32. The number of carbonyl (C=O) groups excluding carboxylic acids is 2. The maximum absolute atomic E-state index is 12.0. The Kier molecular flexibility index (Phi) is 8.31. The number of hydrogen-bond acceptors (Lipinski definition) is 3. The number of amides is 2. The highest BCUT2D eigenvalue weighted by atomic mass is 79.9. The fourth-order valence-corrected chi connectivity index (χ4v) is 2.73. The van der Waals surface area contributed by atoms with Crippen LogP contribution in [-0.4, -0.2) is 31.5 Å². The van der Waals surface area contributed by atoms with Gasteiger partial charge in [-0.1, -0.05) is 52.3 Å². The topological polar surface area (TPSA) is 67.4 Å². The van der Waals surface area contributed by atoms with E-state index < -0.39 is 0 Å². The molecule has 26 heavy (non-hydrogen) atoms. The Morgan fingerprint density at radius 2 is 1.85 bits per heavy atom. The van der Waals surface area contributed by atoms with Crippen molar-refractivity contribution in [3.05, 3.63) is 70.2 Å². The van der Waals surface area contributed by atoms with Crippen LogP contribution >= 0.6 is 15.9 Å². The highest BCUT2D eigenvalue weighted by Crippen LogP contribution is 2.15. The summed E-state index contributed by atoms with van der Waals surface area (Å²) >= 11 is 3.31.